The van der Waals surface area contributed by atoms with Gasteiger partial charge in [0.05, 0.1) is 82.7 Å². The van der Waals surface area contributed by atoms with Crippen LogP contribution < -0.4 is 21.3 Å². The van der Waals surface area contributed by atoms with Crippen LogP contribution in [0.25, 0.3) is 0 Å². The summed E-state index contributed by atoms with van der Waals surface area (Å²) in [6.07, 6.45) is -28.2. The van der Waals surface area contributed by atoms with Gasteiger partial charge >= 0.3 is 11.9 Å². The van der Waals surface area contributed by atoms with Gasteiger partial charge in [-0.1, -0.05) is 193 Å². The van der Waals surface area contributed by atoms with E-state index in [9.17, 15) is 136 Å². The third-order valence-electron chi connectivity index (χ3n) is 24.6. The van der Waals surface area contributed by atoms with Crippen molar-refractivity contribution >= 4 is 35.6 Å². The highest BCUT2D eigenvalue weighted by atomic mass is 16.8. The molecule has 0 aromatic rings. The highest BCUT2D eigenvalue weighted by Crippen LogP contribution is 2.42. The van der Waals surface area contributed by atoms with Crippen LogP contribution in [0.2, 0.25) is 0 Å². The normalized spacial score (nSPS) is 34.8. The predicted octanol–water partition coefficient (Wildman–Crippen LogP) is -3.09. The number of unbranched alkanes of at least 4 members (excludes halogenated alkanes) is 27. The molecular weight excluding hydrogens is 1710 g/mol. The van der Waals surface area contributed by atoms with E-state index in [0.717, 1.165) is 85.0 Å². The Morgan fingerprint density at radius 3 is 1.24 bits per heavy atom. The molecule has 34 atom stereocenters. The van der Waals surface area contributed by atoms with Crippen molar-refractivity contribution in [2.75, 3.05) is 46.2 Å². The van der Waals surface area contributed by atoms with E-state index in [0.29, 0.717) is 12.8 Å². The van der Waals surface area contributed by atoms with Gasteiger partial charge in [-0.3, -0.25) is 19.2 Å². The first-order chi connectivity index (χ1) is 61.5. The Kier molecular flexibility index (Phi) is 50.9. The number of carboxylic acids is 2. The van der Waals surface area contributed by atoms with Crippen LogP contribution in [-0.2, 0) is 85.6 Å². The number of ether oxygens (including phenoxy) is 12. The summed E-state index contributed by atoms with van der Waals surface area (Å²) in [5.74, 6) is -14.2. The molecule has 6 aliphatic rings. The smallest absolute Gasteiger partial charge is 0.364 e. The van der Waals surface area contributed by atoms with Gasteiger partial charge in [0, 0.05) is 40.0 Å². The number of carbonyl (C=O) groups is 6. The Labute approximate surface area is 752 Å². The molecule has 0 bridgehead atoms. The number of carboxylic acid groups (broad SMARTS) is 2. The molecule has 43 heteroatoms. The van der Waals surface area contributed by atoms with Crippen LogP contribution >= 0.6 is 0 Å². The van der Waals surface area contributed by atoms with Crippen molar-refractivity contribution in [3.8, 4) is 0 Å². The summed E-state index contributed by atoms with van der Waals surface area (Å²) >= 11 is 0. The standard InChI is InChI=1S/C86H152N4O39/c1-6-8-10-12-14-16-18-20-21-22-23-25-27-29-31-33-35-37-60(104)90-50(51(99)36-34-32-30-28-26-24-19-17-15-13-11-9-7-2)45-118-80-70(111)69(110)73(58(44-95)122-80)124-81-71(112)77(66(107)56(42-93)120-81)126-79-63(89-49(5)98)74(68(109)59(123-79)46-119-85(83(114)115)38-52(100)61(87-47(3)96)75(127-85)64(105)54(102)40-91)125-82-72(113)78(67(108)57(43-94)121-82)129-86(84(116)117)39-53(101)62(88-48(4)97)76(128-86)65(106)55(103)41-92/h34,36,50-59,61-82,91-95,99-103,105-113H,6-33,35,37-46H2,1-5H3,(H,87,96)(H,88,97)(H,89,98)(H,90,104)(H,114,115)(H,116,117)/b36-34+/t50-,51+,52?,53?,54+,55+,56?,57?,58?,59?,61+,62+,63?,64+,65+,66-,67-,68+,69+,70?,71?,72?,73+,74+,75?,76?,77-,78-,79-,80+,81-,82-,85+,86-/m0/s1. The molecule has 12 unspecified atom stereocenters. The molecule has 0 aromatic carbocycles. The second kappa shape index (κ2) is 58.0. The van der Waals surface area contributed by atoms with Gasteiger partial charge in [0.25, 0.3) is 11.6 Å². The molecule has 6 aliphatic heterocycles. The molecule has 0 radical (unpaired) electrons. The van der Waals surface area contributed by atoms with Crippen LogP contribution in [0.15, 0.2) is 12.2 Å². The van der Waals surface area contributed by atoms with Crippen molar-refractivity contribution in [2.24, 2.45) is 0 Å². The maximum absolute atomic E-state index is 13.7. The quantitative estimate of drug-likeness (QED) is 0.0212. The van der Waals surface area contributed by atoms with Crippen LogP contribution in [0.5, 0.6) is 0 Å². The summed E-state index contributed by atoms with van der Waals surface area (Å²) in [7, 11) is 0. The van der Waals surface area contributed by atoms with Gasteiger partial charge in [-0.25, -0.2) is 9.59 Å². The van der Waals surface area contributed by atoms with Gasteiger partial charge in [0.15, 0.2) is 25.2 Å². The SMILES string of the molecule is CCCCCCCCCCCCC/C=C/[C@@H](O)[C@H](CO[C@@H]1OC(CO)[C@@H](O[C@@H]2OC(CO)[C@H](O)[C@H](O[C@@H]3OC(CO[C@]4(C(=O)O)CC(O)[C@@H](NC(C)=O)C([C@H](O)[C@H](O)CO)O4)[C@@H](O)[C@H](O[C@@H]4OC(CO)[C@H](O)[C@H](O[C@]5(C(=O)O)CC(O)[C@@H](NC(C)=O)C([C@H](O)[C@H](O)CO)O5)C4O)C3NC(C)=O)C2O)[C@H](O)C1O)NC(=O)CCCCCCCCCCCCCCCCCCC. The van der Waals surface area contributed by atoms with Crippen molar-refractivity contribution in [3.63, 3.8) is 0 Å². The summed E-state index contributed by atoms with van der Waals surface area (Å²) < 4.78 is 71.7. The zero-order valence-electron chi connectivity index (χ0n) is 74.9. The molecule has 0 aromatic heterocycles. The monoisotopic (exact) mass is 1870 g/mol. The molecule has 6 heterocycles. The maximum Gasteiger partial charge on any atom is 0.364 e. The lowest BCUT2D eigenvalue weighted by Crippen LogP contribution is -2.72. The Morgan fingerprint density at radius 1 is 0.419 bits per heavy atom. The molecule has 0 aliphatic carbocycles. The lowest BCUT2D eigenvalue weighted by atomic mass is 9.88. The zero-order valence-corrected chi connectivity index (χ0v) is 74.9. The Morgan fingerprint density at radius 2 is 0.798 bits per heavy atom. The van der Waals surface area contributed by atoms with E-state index in [1.807, 2.05) is 0 Å². The first-order valence-electron chi connectivity index (χ1n) is 46.2. The fourth-order valence-electron chi connectivity index (χ4n) is 17.1. The van der Waals surface area contributed by atoms with Crippen molar-refractivity contribution in [1.29, 1.82) is 0 Å². The van der Waals surface area contributed by atoms with E-state index in [1.54, 1.807) is 6.08 Å². The number of aliphatic hydroxyl groups excluding tert-OH is 19. The van der Waals surface area contributed by atoms with Crippen molar-refractivity contribution in [1.82, 2.24) is 21.3 Å². The molecule has 0 spiro atoms. The maximum atomic E-state index is 13.7. The van der Waals surface area contributed by atoms with E-state index < -0.39 is 302 Å². The van der Waals surface area contributed by atoms with Crippen molar-refractivity contribution in [3.05, 3.63) is 12.2 Å². The summed E-state index contributed by atoms with van der Waals surface area (Å²) in [6, 6.07) is -6.88. The summed E-state index contributed by atoms with van der Waals surface area (Å²) in [6.45, 7) is -0.654. The molecule has 0 saturated carbocycles. The molecule has 43 nitrogen and oxygen atoms in total. The molecule has 4 amide bonds. The number of carbonyl (C=O) groups excluding carboxylic acids is 4. The number of hydrogen-bond acceptors (Lipinski definition) is 37. The molecule has 25 N–H and O–H groups in total. The topological polar surface area (TPSA) is 686 Å². The van der Waals surface area contributed by atoms with E-state index in [4.69, 9.17) is 56.8 Å². The second-order valence-electron chi connectivity index (χ2n) is 35.0. The van der Waals surface area contributed by atoms with Gasteiger partial charge in [-0.15, -0.1) is 0 Å². The number of aliphatic carboxylic acids is 2. The average molecular weight is 1870 g/mol. The van der Waals surface area contributed by atoms with E-state index >= 15 is 0 Å². The number of allylic oxidation sites excluding steroid dienone is 1. The fraction of sp³-hybridized carbons (Fsp3) is 0.907. The fourth-order valence-corrected chi connectivity index (χ4v) is 17.1. The first kappa shape index (κ1) is 113. The molecule has 129 heavy (non-hydrogen) atoms. The van der Waals surface area contributed by atoms with Crippen molar-refractivity contribution in [2.45, 2.75) is 447 Å². The van der Waals surface area contributed by atoms with Gasteiger partial charge in [-0.05, 0) is 19.3 Å². The molecular formula is C86H152N4O39. The van der Waals surface area contributed by atoms with Crippen molar-refractivity contribution < 1.29 is 193 Å². The Bertz CT molecular complexity index is 3240. The molecule has 6 rings (SSSR count). The van der Waals surface area contributed by atoms with Gasteiger partial charge < -0.3 is 185 Å². The number of amides is 4. The lowest BCUT2D eigenvalue weighted by molar-refractivity contribution is -0.391. The third-order valence-corrected chi connectivity index (χ3v) is 24.6. The molecule has 6 saturated heterocycles. The van der Waals surface area contributed by atoms with Gasteiger partial charge in [0.1, 0.15) is 134 Å². The first-order valence-corrected chi connectivity index (χ1v) is 46.2. The summed E-state index contributed by atoms with van der Waals surface area (Å²) in [4.78, 5) is 79.1. The van der Waals surface area contributed by atoms with E-state index in [2.05, 4.69) is 35.1 Å². The minimum absolute atomic E-state index is 0.116. The summed E-state index contributed by atoms with van der Waals surface area (Å²) in [5, 5.41) is 247. The minimum Gasteiger partial charge on any atom is -0.477 e. The highest BCUT2D eigenvalue weighted by Gasteiger charge is 2.63. The van der Waals surface area contributed by atoms with Crippen LogP contribution in [0.3, 0.4) is 0 Å². The number of aliphatic hydroxyl groups is 19. The number of rotatable bonds is 61. The van der Waals surface area contributed by atoms with Gasteiger partial charge in [0.2, 0.25) is 23.6 Å². The lowest BCUT2D eigenvalue weighted by Gasteiger charge is -2.52. The summed E-state index contributed by atoms with van der Waals surface area (Å²) in [5.41, 5.74) is 0. The third kappa shape index (κ3) is 33.9. The second-order valence-corrected chi connectivity index (χ2v) is 35.0. The van der Waals surface area contributed by atoms with Crippen LogP contribution in [0.4, 0.5) is 0 Å². The van der Waals surface area contributed by atoms with Crippen LogP contribution in [0.1, 0.15) is 240 Å². The Balaban J connectivity index is 1.26. The number of nitrogens with one attached hydrogen (secondary N) is 4. The predicted molar refractivity (Wildman–Crippen MR) is 449 cm³/mol. The highest BCUT2D eigenvalue weighted by molar-refractivity contribution is 5.78. The van der Waals surface area contributed by atoms with Gasteiger partial charge in [-0.2, -0.15) is 0 Å². The molecule has 6 fully saturated rings. The molecule has 750 valence electrons. The van der Waals surface area contributed by atoms with E-state index in [1.165, 1.54) is 115 Å². The Hall–Kier alpha value is -4.68. The minimum atomic E-state index is -3.37. The number of hydrogen-bond donors (Lipinski definition) is 25. The largest absolute Gasteiger partial charge is 0.477 e. The van der Waals surface area contributed by atoms with E-state index in [-0.39, 0.29) is 6.42 Å². The van der Waals surface area contributed by atoms with Crippen LogP contribution in [-0.4, -0.2) is 396 Å². The van der Waals surface area contributed by atoms with Crippen LogP contribution in [0, 0.1) is 0 Å². The zero-order chi connectivity index (χ0) is 95.2. The average Bonchev–Trinajstić information content (AvgIpc) is 0.756.